The Bertz CT molecular complexity index is 998. The maximum atomic E-state index is 13.1. The number of ether oxygens (including phenoxy) is 1. The molecule has 190 valence electrons. The highest BCUT2D eigenvalue weighted by molar-refractivity contribution is 6.30. The molecule has 2 saturated heterocycles. The van der Waals surface area contributed by atoms with Crippen molar-refractivity contribution < 1.29 is 14.6 Å². The number of aliphatic hydroxyl groups is 1. The zero-order valence-corrected chi connectivity index (χ0v) is 21.7. The minimum atomic E-state index is 0.100. The second kappa shape index (κ2) is 12.2. The zero-order chi connectivity index (χ0) is 24.8. The fourth-order valence-corrected chi connectivity index (χ4v) is 5.59. The van der Waals surface area contributed by atoms with Crippen molar-refractivity contribution in [3.63, 3.8) is 0 Å². The standard InChI is InChI=1S/C28H38ClN3O3/c1-20-21(2)27(35-18-4-13-30-14-17-33)12-11-25(20)26-6-3-5-24-19-31(15-16-32(24)26)28(34)22-7-9-23(29)10-8-22/h7-12,24,26,30,33H,3-6,13-19H2,1-2H3/t24-,26?/m0/s1. The number of halogens is 1. The Kier molecular flexibility index (Phi) is 9.06. The van der Waals surface area contributed by atoms with Gasteiger partial charge in [0, 0.05) is 48.8 Å². The minimum absolute atomic E-state index is 0.100. The van der Waals surface area contributed by atoms with Crippen LogP contribution < -0.4 is 10.1 Å². The van der Waals surface area contributed by atoms with Gasteiger partial charge in [-0.3, -0.25) is 9.69 Å². The molecule has 2 aliphatic heterocycles. The molecule has 1 amide bonds. The molecule has 2 aromatic rings. The van der Waals surface area contributed by atoms with Crippen molar-refractivity contribution in [1.82, 2.24) is 15.1 Å². The normalized spacial score (nSPS) is 20.5. The van der Waals surface area contributed by atoms with Gasteiger partial charge in [0.25, 0.3) is 5.91 Å². The highest BCUT2D eigenvalue weighted by Crippen LogP contribution is 2.39. The summed E-state index contributed by atoms with van der Waals surface area (Å²) in [5.41, 5.74) is 4.62. The molecule has 2 fully saturated rings. The van der Waals surface area contributed by atoms with Crippen LogP contribution in [0, 0.1) is 13.8 Å². The maximum absolute atomic E-state index is 13.1. The van der Waals surface area contributed by atoms with Crippen LogP contribution in [-0.2, 0) is 0 Å². The molecule has 2 aliphatic rings. The van der Waals surface area contributed by atoms with Crippen LogP contribution in [-0.4, -0.2) is 72.8 Å². The second-order valence-electron chi connectivity index (χ2n) is 9.67. The molecule has 7 heteroatoms. The predicted octanol–water partition coefficient (Wildman–Crippen LogP) is 4.36. The fraction of sp³-hybridized carbons (Fsp3) is 0.536. The van der Waals surface area contributed by atoms with Crippen LogP contribution in [0.3, 0.4) is 0 Å². The number of carbonyl (C=O) groups excluding carboxylic acids is 1. The molecule has 1 unspecified atom stereocenters. The topological polar surface area (TPSA) is 65.0 Å². The zero-order valence-electron chi connectivity index (χ0n) is 20.9. The first-order valence-corrected chi connectivity index (χ1v) is 13.2. The van der Waals surface area contributed by atoms with Crippen molar-refractivity contribution >= 4 is 17.5 Å². The van der Waals surface area contributed by atoms with Crippen molar-refractivity contribution in [3.05, 3.63) is 63.7 Å². The third kappa shape index (κ3) is 6.18. The molecule has 0 aliphatic carbocycles. The smallest absolute Gasteiger partial charge is 0.253 e. The van der Waals surface area contributed by atoms with Gasteiger partial charge >= 0.3 is 0 Å². The Morgan fingerprint density at radius 1 is 1.09 bits per heavy atom. The first-order valence-electron chi connectivity index (χ1n) is 12.8. The number of rotatable bonds is 9. The summed E-state index contributed by atoms with van der Waals surface area (Å²) < 4.78 is 6.07. The van der Waals surface area contributed by atoms with E-state index in [1.807, 2.05) is 17.0 Å². The van der Waals surface area contributed by atoms with Gasteiger partial charge in [0.05, 0.1) is 13.2 Å². The van der Waals surface area contributed by atoms with Gasteiger partial charge in [0.1, 0.15) is 5.75 Å². The second-order valence-corrected chi connectivity index (χ2v) is 10.1. The molecule has 6 nitrogen and oxygen atoms in total. The quantitative estimate of drug-likeness (QED) is 0.502. The molecule has 2 aromatic carbocycles. The SMILES string of the molecule is Cc1c(OCCCNCCO)ccc(C2CCC[C@H]3CN(C(=O)c4ccc(Cl)cc4)CCN23)c1C. The summed E-state index contributed by atoms with van der Waals surface area (Å²) >= 11 is 6.00. The molecule has 0 radical (unpaired) electrons. The Morgan fingerprint density at radius 2 is 1.89 bits per heavy atom. The summed E-state index contributed by atoms with van der Waals surface area (Å²) in [7, 11) is 0. The van der Waals surface area contributed by atoms with Gasteiger partial charge in [0.15, 0.2) is 0 Å². The number of amides is 1. The lowest BCUT2D eigenvalue weighted by molar-refractivity contribution is 0.0101. The van der Waals surface area contributed by atoms with Gasteiger partial charge in [-0.15, -0.1) is 0 Å². The van der Waals surface area contributed by atoms with Gasteiger partial charge < -0.3 is 20.1 Å². The van der Waals surface area contributed by atoms with E-state index >= 15 is 0 Å². The molecule has 0 saturated carbocycles. The van der Waals surface area contributed by atoms with Crippen LogP contribution in [0.5, 0.6) is 5.75 Å². The number of piperidine rings is 1. The number of benzene rings is 2. The molecule has 0 spiro atoms. The van der Waals surface area contributed by atoms with Crippen molar-refractivity contribution in [1.29, 1.82) is 0 Å². The highest BCUT2D eigenvalue weighted by Gasteiger charge is 2.37. The van der Waals surface area contributed by atoms with Gasteiger partial charge in [-0.05, 0) is 93.1 Å². The van der Waals surface area contributed by atoms with E-state index in [1.54, 1.807) is 12.1 Å². The molecule has 2 atom stereocenters. The van der Waals surface area contributed by atoms with Crippen LogP contribution in [0.4, 0.5) is 0 Å². The molecule has 0 bridgehead atoms. The van der Waals surface area contributed by atoms with E-state index in [0.29, 0.717) is 35.8 Å². The average molecular weight is 500 g/mol. The number of carbonyl (C=O) groups is 1. The number of hydrogen-bond donors (Lipinski definition) is 2. The predicted molar refractivity (Wildman–Crippen MR) is 140 cm³/mol. The molecule has 35 heavy (non-hydrogen) atoms. The fourth-order valence-electron chi connectivity index (χ4n) is 5.46. The van der Waals surface area contributed by atoms with Crippen molar-refractivity contribution in [2.75, 3.05) is 45.9 Å². The van der Waals surface area contributed by atoms with Crippen molar-refractivity contribution in [3.8, 4) is 5.75 Å². The van der Waals surface area contributed by atoms with E-state index in [0.717, 1.165) is 51.2 Å². The monoisotopic (exact) mass is 499 g/mol. The lowest BCUT2D eigenvalue weighted by atomic mass is 9.86. The highest BCUT2D eigenvalue weighted by atomic mass is 35.5. The van der Waals surface area contributed by atoms with E-state index in [-0.39, 0.29) is 12.5 Å². The third-order valence-corrected chi connectivity index (χ3v) is 7.76. The molecular weight excluding hydrogens is 462 g/mol. The Labute approximate surface area is 214 Å². The number of piperazine rings is 1. The van der Waals surface area contributed by atoms with Crippen molar-refractivity contribution in [2.24, 2.45) is 0 Å². The number of nitrogens with one attached hydrogen (secondary N) is 1. The number of fused-ring (bicyclic) bond motifs is 1. The summed E-state index contributed by atoms with van der Waals surface area (Å²) in [5.74, 6) is 1.06. The van der Waals surface area contributed by atoms with Gasteiger partial charge in [-0.2, -0.15) is 0 Å². The first-order chi connectivity index (χ1) is 17.0. The molecule has 2 N–H and O–H groups in total. The van der Waals surface area contributed by atoms with Crippen LogP contribution in [0.2, 0.25) is 5.02 Å². The molecule has 4 rings (SSSR count). The van der Waals surface area contributed by atoms with Crippen LogP contribution in [0.1, 0.15) is 58.8 Å². The van der Waals surface area contributed by atoms with Crippen molar-refractivity contribution in [2.45, 2.75) is 51.6 Å². The summed E-state index contributed by atoms with van der Waals surface area (Å²) in [6.45, 7) is 9.08. The van der Waals surface area contributed by atoms with Gasteiger partial charge in [0.2, 0.25) is 0 Å². The number of nitrogens with zero attached hydrogens (tertiary/aromatic N) is 2. The van der Waals surface area contributed by atoms with E-state index in [9.17, 15) is 4.79 Å². The minimum Gasteiger partial charge on any atom is -0.493 e. The lowest BCUT2D eigenvalue weighted by Gasteiger charge is -2.48. The molecular formula is C28H38ClN3O3. The van der Waals surface area contributed by atoms with E-state index in [4.69, 9.17) is 21.4 Å². The Hall–Kier alpha value is -2.12. The van der Waals surface area contributed by atoms with E-state index in [1.165, 1.54) is 23.1 Å². The Balaban J connectivity index is 1.39. The summed E-state index contributed by atoms with van der Waals surface area (Å²) in [5, 5.41) is 12.7. The number of hydrogen-bond acceptors (Lipinski definition) is 5. The van der Waals surface area contributed by atoms with Crippen LogP contribution >= 0.6 is 11.6 Å². The Morgan fingerprint density at radius 3 is 2.66 bits per heavy atom. The first kappa shape index (κ1) is 26.0. The largest absolute Gasteiger partial charge is 0.493 e. The average Bonchev–Trinajstić information content (AvgIpc) is 2.88. The van der Waals surface area contributed by atoms with Crippen LogP contribution in [0.15, 0.2) is 36.4 Å². The van der Waals surface area contributed by atoms with Gasteiger partial charge in [-0.25, -0.2) is 0 Å². The summed E-state index contributed by atoms with van der Waals surface area (Å²) in [6.07, 6.45) is 4.36. The van der Waals surface area contributed by atoms with E-state index < -0.39 is 0 Å². The molecule has 2 heterocycles. The molecule has 0 aromatic heterocycles. The summed E-state index contributed by atoms with van der Waals surface area (Å²) in [6, 6.07) is 12.4. The lowest BCUT2D eigenvalue weighted by Crippen LogP contribution is -2.57. The van der Waals surface area contributed by atoms with Gasteiger partial charge in [-0.1, -0.05) is 17.7 Å². The van der Waals surface area contributed by atoms with Crippen LogP contribution in [0.25, 0.3) is 0 Å². The summed E-state index contributed by atoms with van der Waals surface area (Å²) in [4.78, 5) is 17.7. The maximum Gasteiger partial charge on any atom is 0.253 e. The third-order valence-electron chi connectivity index (χ3n) is 7.50. The number of aliphatic hydroxyl groups excluding tert-OH is 1. The van der Waals surface area contributed by atoms with E-state index in [2.05, 4.69) is 36.2 Å².